The molecule has 0 saturated carbocycles. The first-order valence-corrected chi connectivity index (χ1v) is 6.04. The molecule has 6 nitrogen and oxygen atoms in total. The molecule has 2 aromatic rings. The predicted molar refractivity (Wildman–Crippen MR) is 71.4 cm³/mol. The molecule has 0 amide bonds. The zero-order chi connectivity index (χ0) is 13.1. The maximum absolute atomic E-state index is 10.9. The Kier molecular flexibility index (Phi) is 3.61. The van der Waals surface area contributed by atoms with Crippen LogP contribution in [0.4, 0.5) is 11.4 Å². The van der Waals surface area contributed by atoms with Crippen molar-refractivity contribution >= 4 is 27.3 Å². The highest BCUT2D eigenvalue weighted by Gasteiger charge is 2.14. The van der Waals surface area contributed by atoms with E-state index in [2.05, 4.69) is 31.4 Å². The number of hydrogen-bond donors (Lipinski definition) is 2. The minimum absolute atomic E-state index is 0.0468. The molecule has 2 rings (SSSR count). The molecule has 0 bridgehead atoms. The number of hydrogen-bond acceptors (Lipinski definition) is 4. The van der Waals surface area contributed by atoms with Crippen LogP contribution in [0, 0.1) is 17.0 Å². The van der Waals surface area contributed by atoms with Crippen molar-refractivity contribution in [1.29, 1.82) is 0 Å². The molecular formula is C11H11BrN4O2. The molecule has 0 aliphatic rings. The molecule has 2 N–H and O–H groups in total. The van der Waals surface area contributed by atoms with Crippen LogP contribution in [0.1, 0.15) is 11.3 Å². The topological polar surface area (TPSA) is 83.8 Å². The molecule has 1 aromatic carbocycles. The largest absolute Gasteiger partial charge is 0.375 e. The molecule has 0 saturated heterocycles. The lowest BCUT2D eigenvalue weighted by molar-refractivity contribution is -0.384. The molecule has 94 valence electrons. The van der Waals surface area contributed by atoms with Crippen molar-refractivity contribution in [1.82, 2.24) is 10.2 Å². The third kappa shape index (κ3) is 2.67. The van der Waals surface area contributed by atoms with Crippen LogP contribution in [0.2, 0.25) is 0 Å². The Morgan fingerprint density at radius 2 is 2.33 bits per heavy atom. The molecule has 0 fully saturated rings. The zero-order valence-corrected chi connectivity index (χ0v) is 11.2. The number of nitrogens with one attached hydrogen (secondary N) is 2. The highest BCUT2D eigenvalue weighted by molar-refractivity contribution is 9.10. The van der Waals surface area contributed by atoms with Gasteiger partial charge in [0.25, 0.3) is 5.69 Å². The zero-order valence-electron chi connectivity index (χ0n) is 9.61. The van der Waals surface area contributed by atoms with E-state index >= 15 is 0 Å². The van der Waals surface area contributed by atoms with E-state index in [1.54, 1.807) is 18.3 Å². The van der Waals surface area contributed by atoms with Crippen molar-refractivity contribution in [2.45, 2.75) is 13.5 Å². The molecule has 7 heteroatoms. The fourth-order valence-electron chi connectivity index (χ4n) is 1.55. The third-order valence-corrected chi connectivity index (χ3v) is 3.05. The van der Waals surface area contributed by atoms with Gasteiger partial charge in [0.2, 0.25) is 0 Å². The number of aryl methyl sites for hydroxylation is 1. The van der Waals surface area contributed by atoms with Crippen molar-refractivity contribution < 1.29 is 4.92 Å². The van der Waals surface area contributed by atoms with Gasteiger partial charge < -0.3 is 5.32 Å². The second kappa shape index (κ2) is 5.18. The van der Waals surface area contributed by atoms with Gasteiger partial charge in [-0.3, -0.25) is 15.2 Å². The van der Waals surface area contributed by atoms with Crippen LogP contribution < -0.4 is 5.32 Å². The monoisotopic (exact) mass is 310 g/mol. The fraction of sp³-hybridized carbons (Fsp3) is 0.182. The van der Waals surface area contributed by atoms with Crippen LogP contribution in [-0.2, 0) is 6.54 Å². The van der Waals surface area contributed by atoms with Gasteiger partial charge in [0.1, 0.15) is 5.69 Å². The summed E-state index contributed by atoms with van der Waals surface area (Å²) in [6.45, 7) is 2.39. The Labute approximate surface area is 112 Å². The minimum Gasteiger partial charge on any atom is -0.375 e. The first kappa shape index (κ1) is 12.6. The van der Waals surface area contributed by atoms with Gasteiger partial charge in [-0.1, -0.05) is 15.9 Å². The van der Waals surface area contributed by atoms with Crippen molar-refractivity contribution in [3.05, 3.63) is 50.2 Å². The van der Waals surface area contributed by atoms with Crippen molar-refractivity contribution in [2.24, 2.45) is 0 Å². The van der Waals surface area contributed by atoms with Crippen LogP contribution in [0.15, 0.2) is 28.9 Å². The molecule has 0 aliphatic heterocycles. The highest BCUT2D eigenvalue weighted by atomic mass is 79.9. The molecule has 1 heterocycles. The van der Waals surface area contributed by atoms with Crippen LogP contribution in [-0.4, -0.2) is 15.1 Å². The summed E-state index contributed by atoms with van der Waals surface area (Å²) >= 11 is 3.22. The quantitative estimate of drug-likeness (QED) is 0.671. The number of rotatable bonds is 4. The van der Waals surface area contributed by atoms with E-state index in [-0.39, 0.29) is 5.69 Å². The Balaban J connectivity index is 2.19. The Morgan fingerprint density at radius 3 is 2.94 bits per heavy atom. The number of aromatic amines is 1. The smallest absolute Gasteiger partial charge is 0.293 e. The first-order chi connectivity index (χ1) is 8.58. The summed E-state index contributed by atoms with van der Waals surface area (Å²) in [5.74, 6) is 0. The molecule has 0 aliphatic carbocycles. The van der Waals surface area contributed by atoms with Gasteiger partial charge in [-0.05, 0) is 19.1 Å². The van der Waals surface area contributed by atoms with E-state index in [4.69, 9.17) is 0 Å². The number of halogens is 1. The van der Waals surface area contributed by atoms with Crippen molar-refractivity contribution in [3.63, 3.8) is 0 Å². The molecule has 18 heavy (non-hydrogen) atoms. The lowest BCUT2D eigenvalue weighted by atomic mass is 10.2. The number of nitro groups is 1. The lowest BCUT2D eigenvalue weighted by Gasteiger charge is -2.06. The highest BCUT2D eigenvalue weighted by Crippen LogP contribution is 2.28. The number of benzene rings is 1. The molecule has 0 spiro atoms. The van der Waals surface area contributed by atoms with Crippen molar-refractivity contribution in [3.8, 4) is 0 Å². The number of anilines is 1. The summed E-state index contributed by atoms with van der Waals surface area (Å²) in [5.41, 5.74) is 2.46. The Hall–Kier alpha value is -1.89. The molecule has 0 atom stereocenters. The average molecular weight is 311 g/mol. The SMILES string of the molecule is Cc1[nH]ncc1CNc1ccc(Br)cc1[N+](=O)[O-]. The van der Waals surface area contributed by atoms with E-state index in [0.29, 0.717) is 16.7 Å². The molecule has 1 aromatic heterocycles. The van der Waals surface area contributed by atoms with E-state index in [1.165, 1.54) is 6.07 Å². The second-order valence-electron chi connectivity index (χ2n) is 3.79. The number of nitrogens with zero attached hydrogens (tertiary/aromatic N) is 2. The first-order valence-electron chi connectivity index (χ1n) is 5.24. The van der Waals surface area contributed by atoms with Crippen LogP contribution >= 0.6 is 15.9 Å². The maximum Gasteiger partial charge on any atom is 0.293 e. The average Bonchev–Trinajstić information content (AvgIpc) is 2.73. The van der Waals surface area contributed by atoms with E-state index in [1.807, 2.05) is 6.92 Å². The van der Waals surface area contributed by atoms with Gasteiger partial charge in [-0.15, -0.1) is 0 Å². The summed E-state index contributed by atoms with van der Waals surface area (Å²) in [6, 6.07) is 4.92. The van der Waals surface area contributed by atoms with E-state index in [9.17, 15) is 10.1 Å². The van der Waals surface area contributed by atoms with Crippen LogP contribution in [0.5, 0.6) is 0 Å². The normalized spacial score (nSPS) is 10.3. The summed E-state index contributed by atoms with van der Waals surface area (Å²) in [4.78, 5) is 10.5. The van der Waals surface area contributed by atoms with Gasteiger partial charge in [-0.25, -0.2) is 0 Å². The molecular weight excluding hydrogens is 300 g/mol. The van der Waals surface area contributed by atoms with Crippen LogP contribution in [0.25, 0.3) is 0 Å². The fourth-order valence-corrected chi connectivity index (χ4v) is 1.90. The maximum atomic E-state index is 10.9. The van der Waals surface area contributed by atoms with Gasteiger partial charge in [-0.2, -0.15) is 5.10 Å². The second-order valence-corrected chi connectivity index (χ2v) is 4.71. The van der Waals surface area contributed by atoms with Gasteiger partial charge in [0.15, 0.2) is 0 Å². The standard InChI is InChI=1S/C11H11BrN4O2/c1-7-8(6-14-15-7)5-13-10-3-2-9(12)4-11(10)16(17)18/h2-4,6,13H,5H2,1H3,(H,14,15). The Bertz CT molecular complexity index is 582. The lowest BCUT2D eigenvalue weighted by Crippen LogP contribution is -2.03. The Morgan fingerprint density at radius 1 is 1.56 bits per heavy atom. The third-order valence-electron chi connectivity index (χ3n) is 2.56. The summed E-state index contributed by atoms with van der Waals surface area (Å²) in [6.07, 6.45) is 1.70. The van der Waals surface area contributed by atoms with Crippen LogP contribution in [0.3, 0.4) is 0 Å². The van der Waals surface area contributed by atoms with Gasteiger partial charge in [0.05, 0.1) is 11.1 Å². The molecule has 0 unspecified atom stereocenters. The summed E-state index contributed by atoms with van der Waals surface area (Å²) in [7, 11) is 0. The number of H-pyrrole nitrogens is 1. The van der Waals surface area contributed by atoms with Gasteiger partial charge in [0, 0.05) is 28.3 Å². The number of nitro benzene ring substituents is 1. The number of aromatic nitrogens is 2. The van der Waals surface area contributed by atoms with Gasteiger partial charge >= 0.3 is 0 Å². The summed E-state index contributed by atoms with van der Waals surface area (Å²) in [5, 5.41) is 20.7. The van der Waals surface area contributed by atoms with E-state index < -0.39 is 4.92 Å². The predicted octanol–water partition coefficient (Wildman–Crippen LogP) is 3.00. The minimum atomic E-state index is -0.407. The van der Waals surface area contributed by atoms with Crippen molar-refractivity contribution in [2.75, 3.05) is 5.32 Å². The van der Waals surface area contributed by atoms with E-state index in [0.717, 1.165) is 11.3 Å². The molecule has 0 radical (unpaired) electrons. The summed E-state index contributed by atoms with van der Waals surface area (Å²) < 4.78 is 0.680.